The number of benzene rings is 3. The lowest BCUT2D eigenvalue weighted by Gasteiger charge is -2.26. The zero-order chi connectivity index (χ0) is 22.8. The van der Waals surface area contributed by atoms with Crippen LogP contribution in [0, 0.1) is 18.8 Å². The molecule has 1 aliphatic heterocycles. The van der Waals surface area contributed by atoms with Gasteiger partial charge in [-0.3, -0.25) is 9.69 Å². The maximum Gasteiger partial charge on any atom is 0.176 e. The zero-order valence-electron chi connectivity index (χ0n) is 19.4. The number of carbonyl (C=O) groups excluding carboxylic acids is 1. The molecule has 0 bridgehead atoms. The second kappa shape index (κ2) is 9.24. The largest absolute Gasteiger partial charge is 0.390 e. The monoisotopic (exact) mass is 439 g/mol. The third kappa shape index (κ3) is 5.10. The Morgan fingerprint density at radius 3 is 2.27 bits per heavy atom. The first-order valence-corrected chi connectivity index (χ1v) is 12.2. The van der Waals surface area contributed by atoms with Gasteiger partial charge in [-0.1, -0.05) is 84.4 Å². The maximum atomic E-state index is 12.9. The van der Waals surface area contributed by atoms with Gasteiger partial charge in [-0.2, -0.15) is 0 Å². The van der Waals surface area contributed by atoms with E-state index in [-0.39, 0.29) is 5.78 Å². The van der Waals surface area contributed by atoms with Gasteiger partial charge in [0.1, 0.15) is 0 Å². The Kier molecular flexibility index (Phi) is 6.18. The van der Waals surface area contributed by atoms with Crippen molar-refractivity contribution in [3.8, 4) is 11.1 Å². The Balaban J connectivity index is 1.14. The lowest BCUT2D eigenvalue weighted by Crippen LogP contribution is -2.33. The second-order valence-corrected chi connectivity index (χ2v) is 10.2. The molecule has 0 spiro atoms. The molecular formula is C30H33NO2. The number of aryl methyl sites for hydroxylation is 2. The molecule has 3 aromatic carbocycles. The van der Waals surface area contributed by atoms with Crippen LogP contribution in [0.15, 0.2) is 78.9 Å². The number of ketones is 1. The van der Waals surface area contributed by atoms with Crippen LogP contribution in [-0.2, 0) is 6.42 Å². The Hall–Kier alpha value is -2.75. The lowest BCUT2D eigenvalue weighted by molar-refractivity contribution is 0.0271. The fourth-order valence-corrected chi connectivity index (χ4v) is 5.88. The van der Waals surface area contributed by atoms with E-state index in [9.17, 15) is 9.90 Å². The van der Waals surface area contributed by atoms with E-state index in [0.29, 0.717) is 18.4 Å². The number of rotatable bonds is 7. The van der Waals surface area contributed by atoms with E-state index in [2.05, 4.69) is 60.4 Å². The van der Waals surface area contributed by atoms with Crippen LogP contribution in [0.1, 0.15) is 40.7 Å². The summed E-state index contributed by atoms with van der Waals surface area (Å²) in [7, 11) is 0. The summed E-state index contributed by atoms with van der Waals surface area (Å²) in [5.74, 6) is 1.19. The molecule has 5 rings (SSSR count). The number of hydrogen-bond acceptors (Lipinski definition) is 3. The topological polar surface area (TPSA) is 40.5 Å². The van der Waals surface area contributed by atoms with Gasteiger partial charge in [-0.25, -0.2) is 0 Å². The van der Waals surface area contributed by atoms with Crippen LogP contribution in [0.4, 0.5) is 0 Å². The summed E-state index contributed by atoms with van der Waals surface area (Å²) < 4.78 is 0. The van der Waals surface area contributed by atoms with E-state index < -0.39 is 5.60 Å². The fourth-order valence-electron chi connectivity index (χ4n) is 5.88. The molecule has 0 aromatic heterocycles. The van der Waals surface area contributed by atoms with Crippen molar-refractivity contribution in [2.75, 3.05) is 19.6 Å². The van der Waals surface area contributed by atoms with E-state index in [1.807, 2.05) is 30.3 Å². The molecule has 0 radical (unpaired) electrons. The van der Waals surface area contributed by atoms with Gasteiger partial charge < -0.3 is 5.11 Å². The quantitative estimate of drug-likeness (QED) is 0.491. The van der Waals surface area contributed by atoms with Crippen LogP contribution in [0.5, 0.6) is 0 Å². The summed E-state index contributed by atoms with van der Waals surface area (Å²) in [5.41, 5.74) is 5.08. The predicted molar refractivity (Wildman–Crippen MR) is 133 cm³/mol. The van der Waals surface area contributed by atoms with Crippen LogP contribution in [0.3, 0.4) is 0 Å². The van der Waals surface area contributed by atoms with E-state index in [4.69, 9.17) is 0 Å². The molecule has 1 N–H and O–H groups in total. The van der Waals surface area contributed by atoms with Crippen molar-refractivity contribution in [1.29, 1.82) is 0 Å². The van der Waals surface area contributed by atoms with Gasteiger partial charge in [0.25, 0.3) is 0 Å². The third-order valence-corrected chi connectivity index (χ3v) is 7.58. The molecule has 3 nitrogen and oxygen atoms in total. The first-order valence-electron chi connectivity index (χ1n) is 12.2. The molecule has 1 heterocycles. The predicted octanol–water partition coefficient (Wildman–Crippen LogP) is 5.55. The molecule has 1 saturated carbocycles. The van der Waals surface area contributed by atoms with Crippen molar-refractivity contribution in [2.24, 2.45) is 11.8 Å². The van der Waals surface area contributed by atoms with E-state index in [1.165, 1.54) is 16.7 Å². The second-order valence-electron chi connectivity index (χ2n) is 10.2. The third-order valence-electron chi connectivity index (χ3n) is 7.58. The highest BCUT2D eigenvalue weighted by molar-refractivity contribution is 5.98. The minimum Gasteiger partial charge on any atom is -0.390 e. The average Bonchev–Trinajstić information content (AvgIpc) is 3.33. The molecular weight excluding hydrogens is 406 g/mol. The number of fused-ring (bicyclic) bond motifs is 1. The van der Waals surface area contributed by atoms with Crippen molar-refractivity contribution < 1.29 is 9.90 Å². The highest BCUT2D eigenvalue weighted by Gasteiger charge is 2.47. The smallest absolute Gasteiger partial charge is 0.176 e. The standard InChI is InChI=1S/C30H33NO2/c1-22-6-5-9-26(16-22)24-10-12-25(13-11-24)29(32)21-31-19-27-17-30(33,18-28(27)20-31)15-14-23-7-3-2-4-8-23/h2-13,16,27-28,33H,14-15,17-21H2,1H3/t27-,28+,30?. The molecule has 1 saturated heterocycles. The molecule has 3 aromatic rings. The van der Waals surface area contributed by atoms with Crippen LogP contribution >= 0.6 is 0 Å². The average molecular weight is 440 g/mol. The Morgan fingerprint density at radius 2 is 1.61 bits per heavy atom. The highest BCUT2D eigenvalue weighted by Crippen LogP contribution is 2.45. The summed E-state index contributed by atoms with van der Waals surface area (Å²) in [6.45, 7) is 4.41. The molecule has 2 aliphatic rings. The highest BCUT2D eigenvalue weighted by atomic mass is 16.3. The van der Waals surface area contributed by atoms with Crippen molar-refractivity contribution >= 4 is 5.78 Å². The number of hydrogen-bond donors (Lipinski definition) is 1. The van der Waals surface area contributed by atoms with Crippen LogP contribution in [0.25, 0.3) is 11.1 Å². The lowest BCUT2D eigenvalue weighted by atomic mass is 9.91. The maximum absolute atomic E-state index is 12.9. The van der Waals surface area contributed by atoms with E-state index in [0.717, 1.165) is 49.9 Å². The molecule has 1 aliphatic carbocycles. The fraction of sp³-hybridized carbons (Fsp3) is 0.367. The van der Waals surface area contributed by atoms with Crippen molar-refractivity contribution in [3.63, 3.8) is 0 Å². The van der Waals surface area contributed by atoms with Gasteiger partial charge in [-0.15, -0.1) is 0 Å². The Labute approximate surface area is 197 Å². The van der Waals surface area contributed by atoms with Crippen LogP contribution in [0.2, 0.25) is 0 Å². The Bertz CT molecular complexity index is 1090. The zero-order valence-corrected chi connectivity index (χ0v) is 19.4. The van der Waals surface area contributed by atoms with Gasteiger partial charge in [0.15, 0.2) is 5.78 Å². The van der Waals surface area contributed by atoms with Gasteiger partial charge in [0.05, 0.1) is 12.1 Å². The normalized spacial score (nSPS) is 24.7. The molecule has 33 heavy (non-hydrogen) atoms. The number of aliphatic hydroxyl groups is 1. The molecule has 3 atom stereocenters. The van der Waals surface area contributed by atoms with Gasteiger partial charge in [-0.05, 0) is 61.1 Å². The molecule has 1 unspecified atom stereocenters. The van der Waals surface area contributed by atoms with Crippen molar-refractivity contribution in [3.05, 3.63) is 95.6 Å². The van der Waals surface area contributed by atoms with Crippen molar-refractivity contribution in [2.45, 2.75) is 38.2 Å². The van der Waals surface area contributed by atoms with Crippen LogP contribution < -0.4 is 0 Å². The molecule has 170 valence electrons. The minimum absolute atomic E-state index is 0.185. The summed E-state index contributed by atoms with van der Waals surface area (Å²) in [5, 5.41) is 11.2. The Morgan fingerprint density at radius 1 is 0.909 bits per heavy atom. The van der Waals surface area contributed by atoms with Gasteiger partial charge in [0, 0.05) is 18.7 Å². The summed E-state index contributed by atoms with van der Waals surface area (Å²) >= 11 is 0. The molecule has 0 amide bonds. The first-order chi connectivity index (χ1) is 16.0. The minimum atomic E-state index is -0.549. The number of carbonyl (C=O) groups is 1. The number of Topliss-reactive ketones (excluding diaryl/α,β-unsaturated/α-hetero) is 1. The summed E-state index contributed by atoms with van der Waals surface area (Å²) in [6, 6.07) is 26.9. The molecule has 2 fully saturated rings. The van der Waals surface area contributed by atoms with E-state index >= 15 is 0 Å². The van der Waals surface area contributed by atoms with Crippen molar-refractivity contribution in [1.82, 2.24) is 4.90 Å². The van der Waals surface area contributed by atoms with Gasteiger partial charge >= 0.3 is 0 Å². The number of nitrogens with zero attached hydrogens (tertiary/aromatic N) is 1. The SMILES string of the molecule is Cc1cccc(-c2ccc(C(=O)CN3C[C@@H]4CC(O)(CCc5ccccc5)C[C@@H]4C3)cc2)c1. The number of likely N-dealkylation sites (tertiary alicyclic amines) is 1. The van der Waals surface area contributed by atoms with Crippen LogP contribution in [-0.4, -0.2) is 41.0 Å². The van der Waals surface area contributed by atoms with E-state index in [1.54, 1.807) is 0 Å². The first kappa shape index (κ1) is 22.1. The molecule has 3 heteroatoms. The summed E-state index contributed by atoms with van der Waals surface area (Å²) in [4.78, 5) is 15.2. The van der Waals surface area contributed by atoms with Gasteiger partial charge in [0.2, 0.25) is 0 Å². The summed E-state index contributed by atoms with van der Waals surface area (Å²) in [6.07, 6.45) is 3.48.